The molecule has 1 aromatic carbocycles. The van der Waals surface area contributed by atoms with Crippen molar-refractivity contribution in [2.45, 2.75) is 31.6 Å². The first-order valence-electron chi connectivity index (χ1n) is 10.0. The highest BCUT2D eigenvalue weighted by Crippen LogP contribution is 2.26. The van der Waals surface area contributed by atoms with Crippen molar-refractivity contribution in [2.24, 2.45) is 0 Å². The average Bonchev–Trinajstić information content (AvgIpc) is 3.46. The summed E-state index contributed by atoms with van der Waals surface area (Å²) < 4.78 is 35.2. The first-order valence-corrected chi connectivity index (χ1v) is 11.8. The molecule has 2 amide bonds. The minimum atomic E-state index is -3.80. The molecule has 2 aliphatic rings. The summed E-state index contributed by atoms with van der Waals surface area (Å²) in [6.07, 6.45) is 2.92. The number of fused-ring (bicyclic) bond motifs is 1. The van der Waals surface area contributed by atoms with E-state index >= 15 is 0 Å². The number of hydrogen-bond acceptors (Lipinski definition) is 9. The Hall–Kier alpha value is -3.52. The average molecular weight is 479 g/mol. The summed E-state index contributed by atoms with van der Waals surface area (Å²) in [5, 5.41) is 12.2. The smallest absolute Gasteiger partial charge is 0.410 e. The molecule has 176 valence electrons. The van der Waals surface area contributed by atoms with E-state index in [9.17, 15) is 28.1 Å². The Morgan fingerprint density at radius 3 is 2.67 bits per heavy atom. The third kappa shape index (κ3) is 4.96. The number of imidazole rings is 1. The number of nitro benzene ring substituents is 1. The molecule has 2 atom stereocenters. The van der Waals surface area contributed by atoms with Gasteiger partial charge in [0.15, 0.2) is 0 Å². The topological polar surface area (TPSA) is 154 Å². The van der Waals surface area contributed by atoms with Crippen molar-refractivity contribution in [3.63, 3.8) is 0 Å². The predicted octanol–water partition coefficient (Wildman–Crippen LogP) is 0.568. The summed E-state index contributed by atoms with van der Waals surface area (Å²) in [5.74, 6) is 0.302. The number of non-ortho nitro benzene ring substituents is 1. The Kier molecular flexibility index (Phi) is 6.03. The van der Waals surface area contributed by atoms with Crippen molar-refractivity contribution >= 4 is 27.8 Å². The standard InChI is InChI=1S/C19H21N5O8S/c1-33(29,30)32-15-10-16(18(25)23-8-6-17-20-7-9-22(17)23)21(11-15)19(26)31-12-13-2-4-14(5-3-13)24(27)28/h2-5,7,9,15-16H,6,8,10-12H2,1H3/t15-,16+/m1/s1. The predicted molar refractivity (Wildman–Crippen MR) is 112 cm³/mol. The van der Waals surface area contributed by atoms with E-state index in [2.05, 4.69) is 4.98 Å². The highest BCUT2D eigenvalue weighted by molar-refractivity contribution is 7.86. The maximum atomic E-state index is 13.3. The lowest BCUT2D eigenvalue weighted by molar-refractivity contribution is -0.384. The molecule has 13 nitrogen and oxygen atoms in total. The van der Waals surface area contributed by atoms with Crippen molar-refractivity contribution < 1.29 is 31.9 Å². The van der Waals surface area contributed by atoms with Gasteiger partial charge in [-0.15, -0.1) is 0 Å². The van der Waals surface area contributed by atoms with Gasteiger partial charge < -0.3 is 4.74 Å². The lowest BCUT2D eigenvalue weighted by Gasteiger charge is -2.27. The molecular weight excluding hydrogens is 458 g/mol. The quantitative estimate of drug-likeness (QED) is 0.328. The molecule has 2 aliphatic heterocycles. The van der Waals surface area contributed by atoms with Crippen molar-refractivity contribution in [1.82, 2.24) is 14.6 Å². The first kappa shape index (κ1) is 22.7. The van der Waals surface area contributed by atoms with Crippen molar-refractivity contribution in [1.29, 1.82) is 0 Å². The largest absolute Gasteiger partial charge is 0.445 e. The fourth-order valence-electron chi connectivity index (χ4n) is 3.92. The van der Waals surface area contributed by atoms with Gasteiger partial charge in [0.1, 0.15) is 18.5 Å². The van der Waals surface area contributed by atoms with Gasteiger partial charge in [-0.2, -0.15) is 8.42 Å². The van der Waals surface area contributed by atoms with Crippen LogP contribution in [0.1, 0.15) is 17.8 Å². The number of nitrogens with zero attached hydrogens (tertiary/aromatic N) is 5. The maximum absolute atomic E-state index is 13.3. The van der Waals surface area contributed by atoms with Crippen LogP contribution < -0.4 is 5.01 Å². The highest BCUT2D eigenvalue weighted by atomic mass is 32.2. The number of nitro groups is 1. The van der Waals surface area contributed by atoms with Crippen molar-refractivity contribution in [3.05, 3.63) is 58.2 Å². The number of carbonyl (C=O) groups excluding carboxylic acids is 2. The van der Waals surface area contributed by atoms with E-state index in [4.69, 9.17) is 8.92 Å². The third-order valence-electron chi connectivity index (χ3n) is 5.36. The number of aromatic nitrogens is 2. The number of likely N-dealkylation sites (tertiary alicyclic amines) is 1. The van der Waals surface area contributed by atoms with Gasteiger partial charge in [-0.3, -0.25) is 24.0 Å². The Morgan fingerprint density at radius 1 is 1.27 bits per heavy atom. The Bertz CT molecular complexity index is 1180. The number of carbonyl (C=O) groups is 2. The molecular formula is C19H21N5O8S. The van der Waals surface area contributed by atoms with Crippen LogP contribution in [0.5, 0.6) is 0 Å². The van der Waals surface area contributed by atoms with Gasteiger partial charge in [0.25, 0.3) is 21.7 Å². The lowest BCUT2D eigenvalue weighted by Crippen LogP contribution is -2.50. The molecule has 2 aromatic rings. The number of benzene rings is 1. The SMILES string of the molecule is CS(=O)(=O)O[C@@H]1C[C@@H](C(=O)N2CCc3nccn32)N(C(=O)OCc2ccc([N+](=O)[O-])cc2)C1. The van der Waals surface area contributed by atoms with E-state index in [0.717, 1.165) is 11.2 Å². The summed E-state index contributed by atoms with van der Waals surface area (Å²) in [6.45, 7) is 0.0518. The van der Waals surface area contributed by atoms with Gasteiger partial charge in [-0.1, -0.05) is 0 Å². The van der Waals surface area contributed by atoms with E-state index < -0.39 is 39.2 Å². The first-order chi connectivity index (χ1) is 15.6. The highest BCUT2D eigenvalue weighted by Gasteiger charge is 2.45. The van der Waals surface area contributed by atoms with E-state index in [0.29, 0.717) is 24.4 Å². The Labute approximate surface area is 188 Å². The van der Waals surface area contributed by atoms with Gasteiger partial charge in [0.05, 0.1) is 30.4 Å². The molecule has 0 unspecified atom stereocenters. The zero-order valence-electron chi connectivity index (χ0n) is 17.6. The van der Waals surface area contributed by atoms with E-state index in [1.165, 1.54) is 29.3 Å². The zero-order chi connectivity index (χ0) is 23.8. The number of hydrogen-bond donors (Lipinski definition) is 0. The minimum Gasteiger partial charge on any atom is -0.445 e. The van der Waals surface area contributed by atoms with E-state index in [1.54, 1.807) is 17.1 Å². The monoisotopic (exact) mass is 479 g/mol. The van der Waals surface area contributed by atoms with Gasteiger partial charge in [-0.25, -0.2) is 19.5 Å². The lowest BCUT2D eigenvalue weighted by atomic mass is 10.2. The second-order valence-corrected chi connectivity index (χ2v) is 9.30. The number of ether oxygens (including phenoxy) is 1. The summed E-state index contributed by atoms with van der Waals surface area (Å²) in [6, 6.07) is 4.50. The summed E-state index contributed by atoms with van der Waals surface area (Å²) in [7, 11) is -3.80. The maximum Gasteiger partial charge on any atom is 0.410 e. The molecule has 1 saturated heterocycles. The summed E-state index contributed by atoms with van der Waals surface area (Å²) >= 11 is 0. The molecule has 4 rings (SSSR count). The van der Waals surface area contributed by atoms with Crippen LogP contribution in [0.4, 0.5) is 10.5 Å². The fourth-order valence-corrected chi connectivity index (χ4v) is 4.55. The molecule has 1 aromatic heterocycles. The van der Waals surface area contributed by atoms with Gasteiger partial charge in [-0.05, 0) is 17.7 Å². The molecule has 14 heteroatoms. The molecule has 0 radical (unpaired) electrons. The molecule has 0 aliphatic carbocycles. The van der Waals surface area contributed by atoms with Crippen LogP contribution >= 0.6 is 0 Å². The van der Waals surface area contributed by atoms with Crippen LogP contribution in [0.2, 0.25) is 0 Å². The van der Waals surface area contributed by atoms with Crippen LogP contribution in [0.25, 0.3) is 0 Å². The summed E-state index contributed by atoms with van der Waals surface area (Å²) in [4.78, 5) is 41.7. The van der Waals surface area contributed by atoms with Crippen molar-refractivity contribution in [2.75, 3.05) is 24.4 Å². The molecule has 0 N–H and O–H groups in total. The zero-order valence-corrected chi connectivity index (χ0v) is 18.4. The van der Waals surface area contributed by atoms with Gasteiger partial charge >= 0.3 is 6.09 Å². The molecule has 0 spiro atoms. The van der Waals surface area contributed by atoms with Crippen LogP contribution in [-0.2, 0) is 36.9 Å². The number of amides is 2. The molecule has 0 saturated carbocycles. The second-order valence-electron chi connectivity index (χ2n) is 7.70. The fraction of sp³-hybridized carbons (Fsp3) is 0.421. The molecule has 3 heterocycles. The van der Waals surface area contributed by atoms with Crippen LogP contribution in [0.15, 0.2) is 36.7 Å². The second kappa shape index (κ2) is 8.78. The third-order valence-corrected chi connectivity index (χ3v) is 5.98. The molecule has 1 fully saturated rings. The van der Waals surface area contributed by atoms with E-state index in [-0.39, 0.29) is 25.3 Å². The van der Waals surface area contributed by atoms with Gasteiger partial charge in [0.2, 0.25) is 0 Å². The van der Waals surface area contributed by atoms with Crippen LogP contribution in [0, 0.1) is 10.1 Å². The van der Waals surface area contributed by atoms with Crippen LogP contribution in [0.3, 0.4) is 0 Å². The normalized spacial score (nSPS) is 20.0. The molecule has 33 heavy (non-hydrogen) atoms. The van der Waals surface area contributed by atoms with Gasteiger partial charge in [0, 0.05) is 37.4 Å². The van der Waals surface area contributed by atoms with Crippen molar-refractivity contribution in [3.8, 4) is 0 Å². The summed E-state index contributed by atoms with van der Waals surface area (Å²) in [5.41, 5.74) is 0.420. The van der Waals surface area contributed by atoms with E-state index in [1.807, 2.05) is 0 Å². The Morgan fingerprint density at radius 2 is 2.00 bits per heavy atom. The van der Waals surface area contributed by atoms with Crippen LogP contribution in [-0.4, -0.2) is 71.4 Å². The number of rotatable bonds is 6. The minimum absolute atomic E-state index is 0.0148. The Balaban J connectivity index is 1.48. The molecule has 0 bridgehead atoms.